The third-order valence-corrected chi connectivity index (χ3v) is 3.35. The van der Waals surface area contributed by atoms with Gasteiger partial charge in [0.1, 0.15) is 5.60 Å². The predicted octanol–water partition coefficient (Wildman–Crippen LogP) is 3.66. The lowest BCUT2D eigenvalue weighted by Crippen LogP contribution is -2.18. The molecule has 0 aliphatic heterocycles. The van der Waals surface area contributed by atoms with Crippen LogP contribution >= 0.6 is 0 Å². The molecule has 0 spiro atoms. The standard InChI is InChI=1S/C20H23NO/c1-16(19-10-5-4-6-11-19)21-15-18-9-7-8-17(14-18)12-13-20(2,3)22/h4-11,14,16,21-22H,15H2,1-3H3/t16-/m1/s1. The summed E-state index contributed by atoms with van der Waals surface area (Å²) < 4.78 is 0. The SMILES string of the molecule is C[C@@H](NCc1cccc(C#CC(C)(C)O)c1)c1ccccc1. The van der Waals surface area contributed by atoms with E-state index in [9.17, 15) is 5.11 Å². The summed E-state index contributed by atoms with van der Waals surface area (Å²) in [6.07, 6.45) is 0. The molecule has 0 saturated heterocycles. The number of benzene rings is 2. The summed E-state index contributed by atoms with van der Waals surface area (Å²) in [5.74, 6) is 5.86. The van der Waals surface area contributed by atoms with Gasteiger partial charge in [0, 0.05) is 18.2 Å². The Morgan fingerprint density at radius 1 is 1.09 bits per heavy atom. The Bertz CT molecular complexity index is 659. The maximum absolute atomic E-state index is 9.66. The van der Waals surface area contributed by atoms with Gasteiger partial charge in [0.15, 0.2) is 0 Å². The fourth-order valence-corrected chi connectivity index (χ4v) is 2.11. The summed E-state index contributed by atoms with van der Waals surface area (Å²) in [4.78, 5) is 0. The minimum Gasteiger partial charge on any atom is -0.378 e. The van der Waals surface area contributed by atoms with Crippen LogP contribution in [0.3, 0.4) is 0 Å². The van der Waals surface area contributed by atoms with E-state index in [4.69, 9.17) is 0 Å². The van der Waals surface area contributed by atoms with Crippen molar-refractivity contribution in [3.63, 3.8) is 0 Å². The minimum atomic E-state index is -0.962. The first-order chi connectivity index (χ1) is 10.4. The number of rotatable bonds is 4. The van der Waals surface area contributed by atoms with Crippen molar-refractivity contribution < 1.29 is 5.11 Å². The third kappa shape index (κ3) is 5.37. The molecule has 0 fully saturated rings. The molecule has 2 heteroatoms. The first-order valence-corrected chi connectivity index (χ1v) is 7.57. The highest BCUT2D eigenvalue weighted by atomic mass is 16.3. The number of hydrogen-bond donors (Lipinski definition) is 2. The molecular weight excluding hydrogens is 270 g/mol. The summed E-state index contributed by atoms with van der Waals surface area (Å²) in [6.45, 7) is 6.32. The van der Waals surface area contributed by atoms with E-state index in [1.165, 1.54) is 11.1 Å². The van der Waals surface area contributed by atoms with Gasteiger partial charge in [0.2, 0.25) is 0 Å². The highest BCUT2D eigenvalue weighted by molar-refractivity contribution is 5.38. The second-order valence-electron chi connectivity index (χ2n) is 6.02. The maximum atomic E-state index is 9.66. The Labute approximate surface area is 133 Å². The fraction of sp³-hybridized carbons (Fsp3) is 0.300. The summed E-state index contributed by atoms with van der Waals surface area (Å²) in [5.41, 5.74) is 2.43. The van der Waals surface area contributed by atoms with Crippen LogP contribution in [0.2, 0.25) is 0 Å². The Balaban J connectivity index is 2.00. The van der Waals surface area contributed by atoms with Gasteiger partial charge in [-0.25, -0.2) is 0 Å². The zero-order valence-electron chi connectivity index (χ0n) is 13.4. The largest absolute Gasteiger partial charge is 0.378 e. The Kier molecular flexibility index (Phi) is 5.38. The van der Waals surface area contributed by atoms with Gasteiger partial charge < -0.3 is 10.4 Å². The normalized spacial score (nSPS) is 12.4. The molecule has 1 atom stereocenters. The fourth-order valence-electron chi connectivity index (χ4n) is 2.11. The Morgan fingerprint density at radius 2 is 1.82 bits per heavy atom. The van der Waals surface area contributed by atoms with Gasteiger partial charge in [-0.15, -0.1) is 0 Å². The number of aliphatic hydroxyl groups is 1. The lowest BCUT2D eigenvalue weighted by atomic mass is 10.1. The first kappa shape index (κ1) is 16.3. The highest BCUT2D eigenvalue weighted by Gasteiger charge is 2.06. The molecular formula is C20H23NO. The summed E-state index contributed by atoms with van der Waals surface area (Å²) in [6, 6.07) is 18.8. The second kappa shape index (κ2) is 7.26. The van der Waals surface area contributed by atoms with E-state index >= 15 is 0 Å². The molecule has 2 rings (SSSR count). The average Bonchev–Trinajstić information content (AvgIpc) is 2.51. The Morgan fingerprint density at radius 3 is 2.50 bits per heavy atom. The molecule has 0 saturated carbocycles. The second-order valence-corrected chi connectivity index (χ2v) is 6.02. The molecule has 0 bridgehead atoms. The van der Waals surface area contributed by atoms with Crippen molar-refractivity contribution in [3.05, 3.63) is 71.3 Å². The molecule has 2 aromatic rings. The molecule has 0 heterocycles. The molecule has 0 radical (unpaired) electrons. The van der Waals surface area contributed by atoms with Gasteiger partial charge in [0.05, 0.1) is 0 Å². The molecule has 0 aromatic heterocycles. The topological polar surface area (TPSA) is 32.3 Å². The average molecular weight is 293 g/mol. The van der Waals surface area contributed by atoms with Crippen LogP contribution in [-0.2, 0) is 6.54 Å². The zero-order chi connectivity index (χ0) is 16.0. The molecule has 2 nitrogen and oxygen atoms in total. The van der Waals surface area contributed by atoms with E-state index in [2.05, 4.69) is 60.5 Å². The van der Waals surface area contributed by atoms with Crippen LogP contribution in [0, 0.1) is 11.8 Å². The van der Waals surface area contributed by atoms with Gasteiger partial charge in [-0.05, 0) is 44.0 Å². The minimum absolute atomic E-state index is 0.298. The van der Waals surface area contributed by atoms with Crippen LogP contribution < -0.4 is 5.32 Å². The molecule has 0 aliphatic carbocycles. The lowest BCUT2D eigenvalue weighted by molar-refractivity contribution is 0.143. The maximum Gasteiger partial charge on any atom is 0.120 e. The Hall–Kier alpha value is -2.08. The molecule has 0 amide bonds. The monoisotopic (exact) mass is 293 g/mol. The third-order valence-electron chi connectivity index (χ3n) is 3.35. The summed E-state index contributed by atoms with van der Waals surface area (Å²) in [5, 5.41) is 13.2. The van der Waals surface area contributed by atoms with Crippen molar-refractivity contribution in [2.75, 3.05) is 0 Å². The van der Waals surface area contributed by atoms with E-state index in [0.29, 0.717) is 6.04 Å². The van der Waals surface area contributed by atoms with Crippen LogP contribution in [-0.4, -0.2) is 10.7 Å². The lowest BCUT2D eigenvalue weighted by Gasteiger charge is -2.14. The van der Waals surface area contributed by atoms with E-state index in [1.807, 2.05) is 18.2 Å². The quantitative estimate of drug-likeness (QED) is 0.843. The first-order valence-electron chi connectivity index (χ1n) is 7.57. The van der Waals surface area contributed by atoms with Crippen molar-refractivity contribution in [1.82, 2.24) is 5.32 Å². The van der Waals surface area contributed by atoms with Gasteiger partial charge in [-0.3, -0.25) is 0 Å². The summed E-state index contributed by atoms with van der Waals surface area (Å²) in [7, 11) is 0. The van der Waals surface area contributed by atoms with Crippen LogP contribution in [0.5, 0.6) is 0 Å². The smallest absolute Gasteiger partial charge is 0.120 e. The van der Waals surface area contributed by atoms with E-state index < -0.39 is 5.60 Å². The van der Waals surface area contributed by atoms with Crippen molar-refractivity contribution in [3.8, 4) is 11.8 Å². The van der Waals surface area contributed by atoms with E-state index in [1.54, 1.807) is 13.8 Å². The van der Waals surface area contributed by atoms with Gasteiger partial charge in [-0.1, -0.05) is 54.3 Å². The molecule has 2 aromatic carbocycles. The molecule has 0 aliphatic rings. The predicted molar refractivity (Wildman–Crippen MR) is 91.3 cm³/mol. The van der Waals surface area contributed by atoms with E-state index in [-0.39, 0.29) is 0 Å². The summed E-state index contributed by atoms with van der Waals surface area (Å²) >= 11 is 0. The van der Waals surface area contributed by atoms with E-state index in [0.717, 1.165) is 12.1 Å². The van der Waals surface area contributed by atoms with Crippen LogP contribution in [0.4, 0.5) is 0 Å². The van der Waals surface area contributed by atoms with Crippen molar-refractivity contribution >= 4 is 0 Å². The van der Waals surface area contributed by atoms with Gasteiger partial charge in [0.25, 0.3) is 0 Å². The zero-order valence-corrected chi connectivity index (χ0v) is 13.4. The highest BCUT2D eigenvalue weighted by Crippen LogP contribution is 2.13. The van der Waals surface area contributed by atoms with Crippen molar-refractivity contribution in [2.24, 2.45) is 0 Å². The molecule has 2 N–H and O–H groups in total. The van der Waals surface area contributed by atoms with Gasteiger partial charge in [-0.2, -0.15) is 0 Å². The number of nitrogens with one attached hydrogen (secondary N) is 1. The molecule has 0 unspecified atom stereocenters. The van der Waals surface area contributed by atoms with Crippen molar-refractivity contribution in [2.45, 2.75) is 39.0 Å². The molecule has 22 heavy (non-hydrogen) atoms. The molecule has 114 valence electrons. The van der Waals surface area contributed by atoms with Crippen LogP contribution in [0.15, 0.2) is 54.6 Å². The van der Waals surface area contributed by atoms with Crippen LogP contribution in [0.1, 0.15) is 43.5 Å². The van der Waals surface area contributed by atoms with Crippen LogP contribution in [0.25, 0.3) is 0 Å². The van der Waals surface area contributed by atoms with Crippen molar-refractivity contribution in [1.29, 1.82) is 0 Å². The number of hydrogen-bond acceptors (Lipinski definition) is 2. The van der Waals surface area contributed by atoms with Gasteiger partial charge >= 0.3 is 0 Å².